The molecule has 2 heteroatoms. The minimum Gasteiger partial charge on any atom is -0.316 e. The van der Waals surface area contributed by atoms with Crippen molar-refractivity contribution >= 4 is 0 Å². The normalized spacial score (nSPS) is 30.8. The molecule has 0 radical (unpaired) electrons. The maximum Gasteiger partial charge on any atom is 0.00359 e. The summed E-state index contributed by atoms with van der Waals surface area (Å²) in [5.74, 6) is 1.85. The molecule has 0 bridgehead atoms. The second-order valence-electron chi connectivity index (χ2n) is 7.21. The summed E-state index contributed by atoms with van der Waals surface area (Å²) in [6, 6.07) is 0. The molecule has 2 atom stereocenters. The van der Waals surface area contributed by atoms with Crippen LogP contribution in [0.3, 0.4) is 0 Å². The van der Waals surface area contributed by atoms with Gasteiger partial charge in [-0.1, -0.05) is 27.2 Å². The van der Waals surface area contributed by atoms with E-state index in [9.17, 15) is 0 Å². The van der Waals surface area contributed by atoms with Gasteiger partial charge in [-0.25, -0.2) is 0 Å². The molecule has 0 saturated carbocycles. The van der Waals surface area contributed by atoms with E-state index in [-0.39, 0.29) is 0 Å². The zero-order valence-electron chi connectivity index (χ0n) is 12.7. The Kier molecular flexibility index (Phi) is 5.08. The van der Waals surface area contributed by atoms with E-state index >= 15 is 0 Å². The molecule has 0 aliphatic carbocycles. The van der Waals surface area contributed by atoms with Crippen LogP contribution in [0.2, 0.25) is 0 Å². The van der Waals surface area contributed by atoms with E-state index in [1.54, 1.807) is 0 Å². The SMILES string of the molecule is CCCC1CCN(CC(C)(C)C2CCCNC2)C1. The summed E-state index contributed by atoms with van der Waals surface area (Å²) in [5.41, 5.74) is 0.481. The Morgan fingerprint density at radius 1 is 1.28 bits per heavy atom. The highest BCUT2D eigenvalue weighted by Gasteiger charge is 2.34. The fourth-order valence-corrected chi connectivity index (χ4v) is 3.92. The molecule has 2 nitrogen and oxygen atoms in total. The van der Waals surface area contributed by atoms with Crippen LogP contribution < -0.4 is 5.32 Å². The minimum absolute atomic E-state index is 0.481. The van der Waals surface area contributed by atoms with Crippen molar-refractivity contribution < 1.29 is 0 Å². The number of rotatable bonds is 5. The maximum absolute atomic E-state index is 3.58. The average Bonchev–Trinajstić information content (AvgIpc) is 2.77. The van der Waals surface area contributed by atoms with E-state index in [2.05, 4.69) is 31.0 Å². The van der Waals surface area contributed by atoms with Gasteiger partial charge in [0.25, 0.3) is 0 Å². The predicted octanol–water partition coefficient (Wildman–Crippen LogP) is 3.13. The summed E-state index contributed by atoms with van der Waals surface area (Å²) in [7, 11) is 0. The molecule has 2 heterocycles. The van der Waals surface area contributed by atoms with Gasteiger partial charge in [-0.05, 0) is 62.6 Å². The Morgan fingerprint density at radius 3 is 2.78 bits per heavy atom. The molecule has 2 fully saturated rings. The van der Waals surface area contributed by atoms with Crippen molar-refractivity contribution in [2.75, 3.05) is 32.7 Å². The van der Waals surface area contributed by atoms with Gasteiger partial charge in [-0.3, -0.25) is 0 Å². The van der Waals surface area contributed by atoms with E-state index in [1.165, 1.54) is 64.8 Å². The molecular formula is C16H32N2. The van der Waals surface area contributed by atoms with E-state index in [0.717, 1.165) is 11.8 Å². The highest BCUT2D eigenvalue weighted by molar-refractivity contribution is 4.87. The van der Waals surface area contributed by atoms with Gasteiger partial charge in [0.15, 0.2) is 0 Å². The van der Waals surface area contributed by atoms with Crippen molar-refractivity contribution in [1.82, 2.24) is 10.2 Å². The van der Waals surface area contributed by atoms with Crippen LogP contribution in [0.4, 0.5) is 0 Å². The van der Waals surface area contributed by atoms with Gasteiger partial charge in [0.1, 0.15) is 0 Å². The van der Waals surface area contributed by atoms with Crippen molar-refractivity contribution in [2.45, 2.75) is 52.9 Å². The molecule has 2 saturated heterocycles. The first-order valence-electron chi connectivity index (χ1n) is 8.05. The fourth-order valence-electron chi connectivity index (χ4n) is 3.92. The van der Waals surface area contributed by atoms with E-state index < -0.39 is 0 Å². The number of hydrogen-bond donors (Lipinski definition) is 1. The predicted molar refractivity (Wildman–Crippen MR) is 78.8 cm³/mol. The number of nitrogens with zero attached hydrogens (tertiary/aromatic N) is 1. The van der Waals surface area contributed by atoms with Crippen molar-refractivity contribution in [3.63, 3.8) is 0 Å². The lowest BCUT2D eigenvalue weighted by Gasteiger charge is -2.40. The molecule has 0 aromatic heterocycles. The summed E-state index contributed by atoms with van der Waals surface area (Å²) in [6.07, 6.45) is 7.02. The van der Waals surface area contributed by atoms with Gasteiger partial charge in [0.05, 0.1) is 0 Å². The molecule has 2 rings (SSSR count). The van der Waals surface area contributed by atoms with Crippen molar-refractivity contribution in [3.05, 3.63) is 0 Å². The first-order valence-corrected chi connectivity index (χ1v) is 8.05. The molecule has 106 valence electrons. The second-order valence-corrected chi connectivity index (χ2v) is 7.21. The zero-order valence-corrected chi connectivity index (χ0v) is 12.7. The zero-order chi connectivity index (χ0) is 13.0. The highest BCUT2D eigenvalue weighted by atomic mass is 15.2. The molecule has 2 aliphatic rings. The first kappa shape index (κ1) is 14.3. The summed E-state index contributed by atoms with van der Waals surface area (Å²) in [5, 5.41) is 3.58. The summed E-state index contributed by atoms with van der Waals surface area (Å²) in [4.78, 5) is 2.73. The summed E-state index contributed by atoms with van der Waals surface area (Å²) < 4.78 is 0. The number of hydrogen-bond acceptors (Lipinski definition) is 2. The van der Waals surface area contributed by atoms with Crippen LogP contribution >= 0.6 is 0 Å². The van der Waals surface area contributed by atoms with Crippen LogP contribution in [-0.2, 0) is 0 Å². The molecule has 2 unspecified atom stereocenters. The molecule has 0 amide bonds. The topological polar surface area (TPSA) is 15.3 Å². The lowest BCUT2D eigenvalue weighted by molar-refractivity contribution is 0.111. The van der Waals surface area contributed by atoms with Crippen LogP contribution in [0, 0.1) is 17.3 Å². The van der Waals surface area contributed by atoms with E-state index in [0.29, 0.717) is 5.41 Å². The van der Waals surface area contributed by atoms with Crippen LogP contribution in [-0.4, -0.2) is 37.6 Å². The quantitative estimate of drug-likeness (QED) is 0.808. The molecule has 18 heavy (non-hydrogen) atoms. The monoisotopic (exact) mass is 252 g/mol. The standard InChI is InChI=1S/C16H32N2/c1-4-6-14-8-10-18(12-14)13-16(2,3)15-7-5-9-17-11-15/h14-15,17H,4-13H2,1-3H3. The lowest BCUT2D eigenvalue weighted by Crippen LogP contribution is -2.44. The Bertz CT molecular complexity index is 243. The average molecular weight is 252 g/mol. The number of nitrogens with one attached hydrogen (secondary N) is 1. The maximum atomic E-state index is 3.58. The first-order chi connectivity index (χ1) is 8.62. The summed E-state index contributed by atoms with van der Waals surface area (Å²) >= 11 is 0. The molecule has 0 aromatic carbocycles. The van der Waals surface area contributed by atoms with Gasteiger partial charge < -0.3 is 10.2 Å². The van der Waals surface area contributed by atoms with Crippen molar-refractivity contribution in [3.8, 4) is 0 Å². The highest BCUT2D eigenvalue weighted by Crippen LogP contribution is 2.34. The van der Waals surface area contributed by atoms with Crippen molar-refractivity contribution in [1.29, 1.82) is 0 Å². The molecule has 0 spiro atoms. The number of likely N-dealkylation sites (tertiary alicyclic amines) is 1. The van der Waals surface area contributed by atoms with Gasteiger partial charge in [-0.2, -0.15) is 0 Å². The van der Waals surface area contributed by atoms with Gasteiger partial charge >= 0.3 is 0 Å². The molecule has 1 N–H and O–H groups in total. The van der Waals surface area contributed by atoms with E-state index in [4.69, 9.17) is 0 Å². The number of piperidine rings is 1. The van der Waals surface area contributed by atoms with E-state index in [1.807, 2.05) is 0 Å². The van der Waals surface area contributed by atoms with Crippen LogP contribution in [0.1, 0.15) is 52.9 Å². The van der Waals surface area contributed by atoms with Gasteiger partial charge in [-0.15, -0.1) is 0 Å². The Balaban J connectivity index is 1.80. The van der Waals surface area contributed by atoms with Gasteiger partial charge in [0, 0.05) is 13.1 Å². The second kappa shape index (κ2) is 6.38. The smallest absolute Gasteiger partial charge is 0.00359 e. The van der Waals surface area contributed by atoms with Crippen molar-refractivity contribution in [2.24, 2.45) is 17.3 Å². The fraction of sp³-hybridized carbons (Fsp3) is 1.00. The molecule has 0 aromatic rings. The minimum atomic E-state index is 0.481. The third-order valence-electron chi connectivity index (χ3n) is 5.10. The Labute approximate surface area is 114 Å². The lowest BCUT2D eigenvalue weighted by atomic mass is 9.74. The van der Waals surface area contributed by atoms with Crippen LogP contribution in [0.15, 0.2) is 0 Å². The van der Waals surface area contributed by atoms with Gasteiger partial charge in [0.2, 0.25) is 0 Å². The largest absolute Gasteiger partial charge is 0.316 e. The Hall–Kier alpha value is -0.0800. The molecular weight excluding hydrogens is 220 g/mol. The summed E-state index contributed by atoms with van der Waals surface area (Å²) in [6.45, 7) is 13.8. The van der Waals surface area contributed by atoms with Crippen LogP contribution in [0.25, 0.3) is 0 Å². The molecule has 2 aliphatic heterocycles. The third-order valence-corrected chi connectivity index (χ3v) is 5.10. The van der Waals surface area contributed by atoms with Crippen LogP contribution in [0.5, 0.6) is 0 Å². The third kappa shape index (κ3) is 3.71. The Morgan fingerprint density at radius 2 is 2.11 bits per heavy atom.